The van der Waals surface area contributed by atoms with Crippen molar-refractivity contribution in [3.63, 3.8) is 0 Å². The Hall–Kier alpha value is -3.22. The van der Waals surface area contributed by atoms with E-state index in [0.29, 0.717) is 23.9 Å². The van der Waals surface area contributed by atoms with Gasteiger partial charge in [-0.1, -0.05) is 6.07 Å². The summed E-state index contributed by atoms with van der Waals surface area (Å²) in [6.45, 7) is 1.29. The number of piperidine rings is 1. The van der Waals surface area contributed by atoms with Crippen molar-refractivity contribution in [2.75, 3.05) is 20.2 Å². The van der Waals surface area contributed by atoms with Crippen LogP contribution in [0.5, 0.6) is 5.75 Å². The molecule has 1 atom stereocenters. The molecule has 1 unspecified atom stereocenters. The second-order valence-corrected chi connectivity index (χ2v) is 6.51. The SMILES string of the molecule is COc1cccc(-c2nnc(C3CCCN(C(=O)c4cccnc4)C3)o2)c1. The maximum atomic E-state index is 12.7. The highest BCUT2D eigenvalue weighted by Crippen LogP contribution is 2.30. The first-order valence-electron chi connectivity index (χ1n) is 8.91. The highest BCUT2D eigenvalue weighted by atomic mass is 16.5. The fourth-order valence-corrected chi connectivity index (χ4v) is 3.31. The molecule has 3 aromatic rings. The Labute approximate surface area is 157 Å². The molecule has 0 bridgehead atoms. The quantitative estimate of drug-likeness (QED) is 0.707. The van der Waals surface area contributed by atoms with E-state index in [1.165, 1.54) is 0 Å². The Morgan fingerprint density at radius 3 is 3.00 bits per heavy atom. The number of carbonyl (C=O) groups excluding carboxylic acids is 1. The summed E-state index contributed by atoms with van der Waals surface area (Å²) in [5.74, 6) is 1.78. The van der Waals surface area contributed by atoms with Gasteiger partial charge in [-0.15, -0.1) is 10.2 Å². The van der Waals surface area contributed by atoms with Crippen LogP contribution < -0.4 is 4.74 Å². The van der Waals surface area contributed by atoms with E-state index in [0.717, 1.165) is 30.7 Å². The van der Waals surface area contributed by atoms with Crippen LogP contribution in [0.15, 0.2) is 53.2 Å². The summed E-state index contributed by atoms with van der Waals surface area (Å²) in [6.07, 6.45) is 5.07. The van der Waals surface area contributed by atoms with Crippen LogP contribution in [0.2, 0.25) is 0 Å². The smallest absolute Gasteiger partial charge is 0.255 e. The second-order valence-electron chi connectivity index (χ2n) is 6.51. The van der Waals surface area contributed by atoms with E-state index in [9.17, 15) is 4.79 Å². The first-order chi connectivity index (χ1) is 13.2. The Balaban J connectivity index is 1.50. The number of benzene rings is 1. The fraction of sp³-hybridized carbons (Fsp3) is 0.300. The highest BCUT2D eigenvalue weighted by Gasteiger charge is 2.29. The Morgan fingerprint density at radius 2 is 2.19 bits per heavy atom. The number of nitrogens with zero attached hydrogens (tertiary/aromatic N) is 4. The molecule has 1 aromatic carbocycles. The number of pyridine rings is 1. The lowest BCUT2D eigenvalue weighted by Gasteiger charge is -2.31. The van der Waals surface area contributed by atoms with E-state index in [-0.39, 0.29) is 11.8 Å². The van der Waals surface area contributed by atoms with Crippen molar-refractivity contribution in [3.8, 4) is 17.2 Å². The van der Waals surface area contributed by atoms with Crippen molar-refractivity contribution in [3.05, 3.63) is 60.2 Å². The number of aromatic nitrogens is 3. The summed E-state index contributed by atoms with van der Waals surface area (Å²) >= 11 is 0. The van der Waals surface area contributed by atoms with Gasteiger partial charge in [-0.25, -0.2) is 0 Å². The molecule has 0 N–H and O–H groups in total. The summed E-state index contributed by atoms with van der Waals surface area (Å²) in [5.41, 5.74) is 1.41. The number of likely N-dealkylation sites (tertiary alicyclic amines) is 1. The van der Waals surface area contributed by atoms with Gasteiger partial charge in [0.1, 0.15) is 5.75 Å². The molecule has 1 amide bonds. The van der Waals surface area contributed by atoms with Crippen LogP contribution >= 0.6 is 0 Å². The van der Waals surface area contributed by atoms with E-state index in [2.05, 4.69) is 15.2 Å². The molecule has 1 aliphatic heterocycles. The minimum Gasteiger partial charge on any atom is -0.497 e. The van der Waals surface area contributed by atoms with E-state index >= 15 is 0 Å². The number of rotatable bonds is 4. The van der Waals surface area contributed by atoms with Gasteiger partial charge < -0.3 is 14.1 Å². The van der Waals surface area contributed by atoms with Gasteiger partial charge in [0.15, 0.2) is 0 Å². The first kappa shape index (κ1) is 17.2. The van der Waals surface area contributed by atoms with E-state index in [1.54, 1.807) is 31.6 Å². The van der Waals surface area contributed by atoms with Gasteiger partial charge in [0.05, 0.1) is 18.6 Å². The largest absolute Gasteiger partial charge is 0.497 e. The average Bonchev–Trinajstić information content (AvgIpc) is 3.24. The number of ether oxygens (including phenoxy) is 1. The lowest BCUT2D eigenvalue weighted by Crippen LogP contribution is -2.39. The molecule has 1 saturated heterocycles. The first-order valence-corrected chi connectivity index (χ1v) is 8.91. The molecule has 1 fully saturated rings. The van der Waals surface area contributed by atoms with Crippen molar-refractivity contribution in [2.24, 2.45) is 0 Å². The second kappa shape index (κ2) is 7.57. The maximum absolute atomic E-state index is 12.7. The molecule has 0 aliphatic carbocycles. The van der Waals surface area contributed by atoms with Gasteiger partial charge in [0, 0.05) is 31.0 Å². The summed E-state index contributed by atoms with van der Waals surface area (Å²) in [7, 11) is 1.62. The van der Waals surface area contributed by atoms with Crippen molar-refractivity contribution in [2.45, 2.75) is 18.8 Å². The molecule has 0 spiro atoms. The minimum atomic E-state index is -0.0136. The molecule has 0 saturated carbocycles. The summed E-state index contributed by atoms with van der Waals surface area (Å²) < 4.78 is 11.2. The van der Waals surface area contributed by atoms with E-state index in [1.807, 2.05) is 29.2 Å². The van der Waals surface area contributed by atoms with Gasteiger partial charge in [-0.2, -0.15) is 0 Å². The molecule has 0 radical (unpaired) electrons. The average molecular weight is 364 g/mol. The van der Waals surface area contributed by atoms with Crippen molar-refractivity contribution in [1.82, 2.24) is 20.1 Å². The molecule has 27 heavy (non-hydrogen) atoms. The maximum Gasteiger partial charge on any atom is 0.255 e. The number of hydrogen-bond acceptors (Lipinski definition) is 6. The van der Waals surface area contributed by atoms with Gasteiger partial charge in [-0.3, -0.25) is 9.78 Å². The minimum absolute atomic E-state index is 0.0136. The predicted molar refractivity (Wildman–Crippen MR) is 98.4 cm³/mol. The molecule has 3 heterocycles. The van der Waals surface area contributed by atoms with Crippen molar-refractivity contribution >= 4 is 5.91 Å². The van der Waals surface area contributed by atoms with Crippen LogP contribution in [0.3, 0.4) is 0 Å². The lowest BCUT2D eigenvalue weighted by molar-refractivity contribution is 0.0698. The molecule has 1 aliphatic rings. The summed E-state index contributed by atoms with van der Waals surface area (Å²) in [4.78, 5) is 18.5. The lowest BCUT2D eigenvalue weighted by atomic mass is 9.97. The predicted octanol–water partition coefficient (Wildman–Crippen LogP) is 3.16. The normalized spacial score (nSPS) is 16.9. The zero-order valence-corrected chi connectivity index (χ0v) is 15.0. The number of carbonyl (C=O) groups is 1. The Kier molecular flexibility index (Phi) is 4.82. The van der Waals surface area contributed by atoms with Gasteiger partial charge >= 0.3 is 0 Å². The van der Waals surface area contributed by atoms with Gasteiger partial charge in [-0.05, 0) is 43.2 Å². The standard InChI is InChI=1S/C20H20N4O3/c1-26-17-8-2-5-14(11-17)18-22-23-19(27-18)16-7-4-10-24(13-16)20(25)15-6-3-9-21-12-15/h2-3,5-6,8-9,11-12,16H,4,7,10,13H2,1H3. The third kappa shape index (κ3) is 3.67. The molecule has 7 heteroatoms. The van der Waals surface area contributed by atoms with Crippen LogP contribution in [0, 0.1) is 0 Å². The van der Waals surface area contributed by atoms with Gasteiger partial charge in [0.25, 0.3) is 5.91 Å². The van der Waals surface area contributed by atoms with E-state index in [4.69, 9.17) is 9.15 Å². The zero-order chi connectivity index (χ0) is 18.6. The van der Waals surface area contributed by atoms with Crippen molar-refractivity contribution in [1.29, 1.82) is 0 Å². The summed E-state index contributed by atoms with van der Waals surface area (Å²) in [6, 6.07) is 11.1. The zero-order valence-electron chi connectivity index (χ0n) is 15.0. The number of amides is 1. The van der Waals surface area contributed by atoms with Crippen LogP contribution in [0.25, 0.3) is 11.5 Å². The van der Waals surface area contributed by atoms with Crippen LogP contribution in [-0.2, 0) is 0 Å². The molecule has 4 rings (SSSR count). The highest BCUT2D eigenvalue weighted by molar-refractivity contribution is 5.93. The number of hydrogen-bond donors (Lipinski definition) is 0. The summed E-state index contributed by atoms with van der Waals surface area (Å²) in [5, 5.41) is 8.41. The monoisotopic (exact) mass is 364 g/mol. The molecular weight excluding hydrogens is 344 g/mol. The van der Waals surface area contributed by atoms with Gasteiger partial charge in [0.2, 0.25) is 11.8 Å². The van der Waals surface area contributed by atoms with Crippen LogP contribution in [-0.4, -0.2) is 46.2 Å². The van der Waals surface area contributed by atoms with Crippen LogP contribution in [0.4, 0.5) is 0 Å². The van der Waals surface area contributed by atoms with Crippen LogP contribution in [0.1, 0.15) is 35.0 Å². The molecule has 2 aromatic heterocycles. The molecule has 7 nitrogen and oxygen atoms in total. The molecular formula is C20H20N4O3. The molecule has 138 valence electrons. The Morgan fingerprint density at radius 1 is 1.26 bits per heavy atom. The number of methoxy groups -OCH3 is 1. The third-order valence-electron chi connectivity index (χ3n) is 4.72. The fourth-order valence-electron chi connectivity index (χ4n) is 3.31. The van der Waals surface area contributed by atoms with Crippen molar-refractivity contribution < 1.29 is 13.9 Å². The van der Waals surface area contributed by atoms with E-state index < -0.39 is 0 Å². The topological polar surface area (TPSA) is 81.4 Å². The third-order valence-corrected chi connectivity index (χ3v) is 4.72. The Bertz CT molecular complexity index is 926.